The first-order chi connectivity index (χ1) is 4.89. The van der Waals surface area contributed by atoms with Crippen molar-refractivity contribution in [3.63, 3.8) is 0 Å². The molecule has 0 saturated carbocycles. The summed E-state index contributed by atoms with van der Waals surface area (Å²) >= 11 is 0. The maximum absolute atomic E-state index is 3.70. The van der Waals surface area contributed by atoms with E-state index in [4.69, 9.17) is 0 Å². The van der Waals surface area contributed by atoms with Crippen molar-refractivity contribution in [2.45, 2.75) is 34.6 Å². The minimum atomic E-state index is 1.11. The highest BCUT2D eigenvalue weighted by molar-refractivity contribution is 4.91. The first-order valence-corrected chi connectivity index (χ1v) is 3.85. The topological polar surface area (TPSA) is 28.7 Å². The molecule has 0 spiro atoms. The number of nitrogens with zero attached hydrogens (tertiary/aromatic N) is 1. The number of rotatable bonds is 0. The van der Waals surface area contributed by atoms with E-state index in [1.165, 1.54) is 0 Å². The molecule has 0 bridgehead atoms. The van der Waals surface area contributed by atoms with Gasteiger partial charge in [0.2, 0.25) is 0 Å². The van der Waals surface area contributed by atoms with E-state index in [9.17, 15) is 0 Å². The Kier molecular flexibility index (Phi) is 13.2. The van der Waals surface area contributed by atoms with E-state index in [1.807, 2.05) is 40.7 Å². The van der Waals surface area contributed by atoms with Crippen molar-refractivity contribution in [1.82, 2.24) is 10.2 Å². The lowest BCUT2D eigenvalue weighted by atomic mass is 10.5. The number of nitrogens with one attached hydrogen (secondary N) is 1. The Bertz CT molecular complexity index is 111. The molecular weight excluding hydrogens is 124 g/mol. The molecule has 2 heteroatoms. The third-order valence-corrected chi connectivity index (χ3v) is 0.640. The maximum Gasteiger partial charge on any atom is 0.0489 e. The zero-order valence-electron chi connectivity index (χ0n) is 7.60. The minimum absolute atomic E-state index is 1.11. The molecule has 0 amide bonds. The van der Waals surface area contributed by atoms with E-state index in [0.29, 0.717) is 0 Å². The van der Waals surface area contributed by atoms with E-state index in [2.05, 4.69) is 10.2 Å². The molecule has 0 aliphatic heterocycles. The van der Waals surface area contributed by atoms with Gasteiger partial charge in [0.25, 0.3) is 0 Å². The molecule has 0 radical (unpaired) electrons. The van der Waals surface area contributed by atoms with Crippen LogP contribution < -0.4 is 0 Å². The van der Waals surface area contributed by atoms with E-state index in [0.717, 1.165) is 5.69 Å². The fourth-order valence-corrected chi connectivity index (χ4v) is 0.325. The summed E-state index contributed by atoms with van der Waals surface area (Å²) in [6.07, 6.45) is 1.73. The number of H-pyrrole nitrogens is 1. The monoisotopic (exact) mass is 142 g/mol. The van der Waals surface area contributed by atoms with Crippen LogP contribution in [0.1, 0.15) is 33.4 Å². The summed E-state index contributed by atoms with van der Waals surface area (Å²) in [5.41, 5.74) is 1.11. The lowest BCUT2D eigenvalue weighted by Crippen LogP contribution is -1.65. The van der Waals surface area contributed by atoms with Crippen molar-refractivity contribution < 1.29 is 0 Å². The minimum Gasteiger partial charge on any atom is -0.283 e. The van der Waals surface area contributed by atoms with E-state index >= 15 is 0 Å². The number of aromatic nitrogens is 2. The van der Waals surface area contributed by atoms with Crippen molar-refractivity contribution >= 4 is 0 Å². The van der Waals surface area contributed by atoms with Gasteiger partial charge in [0.15, 0.2) is 0 Å². The molecular formula is C8H18N2. The second kappa shape index (κ2) is 11.1. The predicted octanol–water partition coefficient (Wildman–Crippen LogP) is 2.77. The number of aromatic amines is 1. The zero-order chi connectivity index (χ0) is 8.41. The van der Waals surface area contributed by atoms with Gasteiger partial charge in [-0.15, -0.1) is 0 Å². The molecule has 0 fully saturated rings. The van der Waals surface area contributed by atoms with Gasteiger partial charge in [0, 0.05) is 11.9 Å². The van der Waals surface area contributed by atoms with Gasteiger partial charge < -0.3 is 0 Å². The largest absolute Gasteiger partial charge is 0.283 e. The Balaban J connectivity index is 0. The summed E-state index contributed by atoms with van der Waals surface area (Å²) < 4.78 is 0. The lowest BCUT2D eigenvalue weighted by molar-refractivity contribution is 1.05. The molecule has 0 aromatic carbocycles. The Hall–Kier alpha value is -0.790. The van der Waals surface area contributed by atoms with Crippen molar-refractivity contribution in [3.8, 4) is 0 Å². The van der Waals surface area contributed by atoms with Gasteiger partial charge in [0.1, 0.15) is 0 Å². The Morgan fingerprint density at radius 2 is 1.70 bits per heavy atom. The van der Waals surface area contributed by atoms with Gasteiger partial charge in [-0.05, 0) is 13.0 Å². The van der Waals surface area contributed by atoms with Crippen LogP contribution in [0.5, 0.6) is 0 Å². The molecule has 0 saturated heterocycles. The quantitative estimate of drug-likeness (QED) is 0.593. The molecule has 60 valence electrons. The summed E-state index contributed by atoms with van der Waals surface area (Å²) in [4.78, 5) is 0. The van der Waals surface area contributed by atoms with Crippen LogP contribution in [-0.2, 0) is 0 Å². The number of hydrogen-bond donors (Lipinski definition) is 1. The molecule has 2 nitrogen and oxygen atoms in total. The van der Waals surface area contributed by atoms with E-state index < -0.39 is 0 Å². The fraction of sp³-hybridized carbons (Fsp3) is 0.625. The molecule has 1 aromatic rings. The Morgan fingerprint density at radius 3 is 1.80 bits per heavy atom. The maximum atomic E-state index is 3.70. The normalized spacial score (nSPS) is 6.50. The van der Waals surface area contributed by atoms with Crippen LogP contribution in [0.15, 0.2) is 12.3 Å². The van der Waals surface area contributed by atoms with Gasteiger partial charge in [-0.1, -0.05) is 27.7 Å². The number of hydrogen-bond acceptors (Lipinski definition) is 1. The smallest absolute Gasteiger partial charge is 0.0489 e. The average Bonchev–Trinajstić information content (AvgIpc) is 2.48. The van der Waals surface area contributed by atoms with Crippen molar-refractivity contribution in [3.05, 3.63) is 18.0 Å². The first kappa shape index (κ1) is 11.9. The molecule has 0 aliphatic carbocycles. The van der Waals surface area contributed by atoms with Gasteiger partial charge >= 0.3 is 0 Å². The van der Waals surface area contributed by atoms with Crippen LogP contribution in [0.3, 0.4) is 0 Å². The van der Waals surface area contributed by atoms with Gasteiger partial charge in [0.05, 0.1) is 0 Å². The highest BCUT2D eigenvalue weighted by Gasteiger charge is 1.73. The van der Waals surface area contributed by atoms with Crippen LogP contribution in [0.4, 0.5) is 0 Å². The summed E-state index contributed by atoms with van der Waals surface area (Å²) in [6, 6.07) is 1.92. The van der Waals surface area contributed by atoms with Gasteiger partial charge in [-0.25, -0.2) is 0 Å². The number of aryl methyl sites for hydroxylation is 1. The SMILES string of the molecule is CC.CC.Cc1ccn[nH]1. The molecule has 0 atom stereocenters. The standard InChI is InChI=1S/C4H6N2.2C2H6/c1-4-2-3-5-6-4;2*1-2/h2-3H,1H3,(H,5,6);2*1-2H3. The predicted molar refractivity (Wildman–Crippen MR) is 46.0 cm³/mol. The molecule has 1 rings (SSSR count). The van der Waals surface area contributed by atoms with Crippen LogP contribution in [0.25, 0.3) is 0 Å². The van der Waals surface area contributed by atoms with Crippen LogP contribution in [-0.4, -0.2) is 10.2 Å². The molecule has 10 heavy (non-hydrogen) atoms. The second-order valence-corrected chi connectivity index (χ2v) is 1.24. The molecule has 1 N–H and O–H groups in total. The lowest BCUT2D eigenvalue weighted by Gasteiger charge is -1.68. The van der Waals surface area contributed by atoms with Crippen LogP contribution in [0, 0.1) is 6.92 Å². The van der Waals surface area contributed by atoms with Crippen molar-refractivity contribution in [2.75, 3.05) is 0 Å². The second-order valence-electron chi connectivity index (χ2n) is 1.24. The fourth-order valence-electron chi connectivity index (χ4n) is 0.325. The molecule has 1 heterocycles. The summed E-state index contributed by atoms with van der Waals surface area (Å²) in [6.45, 7) is 9.97. The third kappa shape index (κ3) is 7.21. The van der Waals surface area contributed by atoms with Crippen molar-refractivity contribution in [1.29, 1.82) is 0 Å². The molecule has 0 aliphatic rings. The zero-order valence-corrected chi connectivity index (χ0v) is 7.60. The highest BCUT2D eigenvalue weighted by atomic mass is 15.1. The summed E-state index contributed by atoms with van der Waals surface area (Å²) in [5, 5.41) is 6.45. The first-order valence-electron chi connectivity index (χ1n) is 3.85. The van der Waals surface area contributed by atoms with Crippen LogP contribution >= 0.6 is 0 Å². The van der Waals surface area contributed by atoms with Gasteiger partial charge in [-0.3, -0.25) is 5.10 Å². The van der Waals surface area contributed by atoms with Crippen LogP contribution in [0.2, 0.25) is 0 Å². The molecule has 0 unspecified atom stereocenters. The van der Waals surface area contributed by atoms with Crippen molar-refractivity contribution in [2.24, 2.45) is 0 Å². The average molecular weight is 142 g/mol. The molecule has 1 aromatic heterocycles. The summed E-state index contributed by atoms with van der Waals surface area (Å²) in [7, 11) is 0. The van der Waals surface area contributed by atoms with E-state index in [1.54, 1.807) is 6.20 Å². The Morgan fingerprint density at radius 1 is 1.20 bits per heavy atom. The third-order valence-electron chi connectivity index (χ3n) is 0.640. The highest BCUT2D eigenvalue weighted by Crippen LogP contribution is 1.82. The van der Waals surface area contributed by atoms with Gasteiger partial charge in [-0.2, -0.15) is 5.10 Å². The Labute approximate surface area is 63.7 Å². The summed E-state index contributed by atoms with van der Waals surface area (Å²) in [5.74, 6) is 0. The van der Waals surface area contributed by atoms with E-state index in [-0.39, 0.29) is 0 Å².